The number of nitrogens with zero attached hydrogens (tertiary/aromatic N) is 1. The first-order valence-corrected chi connectivity index (χ1v) is 5.43. The van der Waals surface area contributed by atoms with Crippen LogP contribution in [0.4, 0.5) is 0 Å². The molecule has 0 spiro atoms. The summed E-state index contributed by atoms with van der Waals surface area (Å²) in [5.74, 6) is 0.555. The second-order valence-corrected chi connectivity index (χ2v) is 4.24. The Morgan fingerprint density at radius 3 is 2.71 bits per heavy atom. The Labute approximate surface area is 85.5 Å². The average molecular weight is 194 g/mol. The molecule has 1 unspecified atom stereocenters. The van der Waals surface area contributed by atoms with Crippen molar-refractivity contribution >= 4 is 5.91 Å². The maximum absolute atomic E-state index is 11.3. The van der Waals surface area contributed by atoms with Gasteiger partial charge in [0.05, 0.1) is 0 Å². The van der Waals surface area contributed by atoms with Gasteiger partial charge in [-0.1, -0.05) is 39.0 Å². The molecule has 0 aliphatic heterocycles. The third-order valence-corrected chi connectivity index (χ3v) is 3.04. The molecule has 0 radical (unpaired) electrons. The summed E-state index contributed by atoms with van der Waals surface area (Å²) >= 11 is 0. The molecule has 1 fully saturated rings. The second kappa shape index (κ2) is 5.64. The highest BCUT2D eigenvalue weighted by molar-refractivity contribution is 5.79. The molecule has 0 heterocycles. The van der Waals surface area contributed by atoms with Crippen LogP contribution in [0.15, 0.2) is 0 Å². The predicted molar refractivity (Wildman–Crippen MR) is 54.1 cm³/mol. The molecule has 0 aromatic rings. The van der Waals surface area contributed by atoms with Crippen LogP contribution in [-0.2, 0) is 4.79 Å². The Balaban J connectivity index is 2.28. The number of nitrogens with one attached hydrogen (secondary N) is 1. The highest BCUT2D eigenvalue weighted by Crippen LogP contribution is 2.28. The van der Waals surface area contributed by atoms with Gasteiger partial charge in [0.1, 0.15) is 0 Å². The Morgan fingerprint density at radius 1 is 1.50 bits per heavy atom. The van der Waals surface area contributed by atoms with E-state index < -0.39 is 0 Å². The average Bonchev–Trinajstić information content (AvgIpc) is 2.19. The lowest BCUT2D eigenvalue weighted by Gasteiger charge is -2.23. The SMILES string of the molecule is CC(CC1CCCCC1)C(=O)NC#N. The van der Waals surface area contributed by atoms with Gasteiger partial charge in [0.25, 0.3) is 0 Å². The van der Waals surface area contributed by atoms with E-state index in [1.165, 1.54) is 32.1 Å². The summed E-state index contributed by atoms with van der Waals surface area (Å²) in [5, 5.41) is 10.5. The lowest BCUT2D eigenvalue weighted by molar-refractivity contribution is -0.123. The minimum atomic E-state index is -0.127. The first-order chi connectivity index (χ1) is 6.74. The monoisotopic (exact) mass is 194 g/mol. The molecular weight excluding hydrogens is 176 g/mol. The van der Waals surface area contributed by atoms with E-state index in [2.05, 4.69) is 5.32 Å². The van der Waals surface area contributed by atoms with Gasteiger partial charge < -0.3 is 0 Å². The van der Waals surface area contributed by atoms with E-state index >= 15 is 0 Å². The van der Waals surface area contributed by atoms with Gasteiger partial charge in [0, 0.05) is 5.92 Å². The van der Waals surface area contributed by atoms with Crippen LogP contribution >= 0.6 is 0 Å². The van der Waals surface area contributed by atoms with E-state index in [0.29, 0.717) is 5.92 Å². The molecule has 3 heteroatoms. The maximum atomic E-state index is 11.3. The fourth-order valence-corrected chi connectivity index (χ4v) is 2.21. The van der Waals surface area contributed by atoms with Gasteiger partial charge in [-0.15, -0.1) is 0 Å². The normalized spacial score (nSPS) is 19.7. The van der Waals surface area contributed by atoms with Gasteiger partial charge in [-0.3, -0.25) is 10.1 Å². The van der Waals surface area contributed by atoms with Crippen molar-refractivity contribution in [3.8, 4) is 6.19 Å². The van der Waals surface area contributed by atoms with Gasteiger partial charge in [0.2, 0.25) is 5.91 Å². The van der Waals surface area contributed by atoms with Gasteiger partial charge >= 0.3 is 0 Å². The molecule has 1 amide bonds. The summed E-state index contributed by atoms with van der Waals surface area (Å²) in [6.45, 7) is 1.90. The first kappa shape index (κ1) is 11.0. The molecule has 0 aromatic heterocycles. The molecule has 0 saturated heterocycles. The van der Waals surface area contributed by atoms with Crippen LogP contribution in [0.5, 0.6) is 0 Å². The molecule has 1 N–H and O–H groups in total. The summed E-state index contributed by atoms with van der Waals surface area (Å²) in [4.78, 5) is 11.3. The molecule has 0 bridgehead atoms. The summed E-state index contributed by atoms with van der Waals surface area (Å²) in [6.07, 6.45) is 9.08. The Hall–Kier alpha value is -1.04. The zero-order valence-corrected chi connectivity index (χ0v) is 8.75. The number of hydrogen-bond acceptors (Lipinski definition) is 2. The Bertz CT molecular complexity index is 226. The van der Waals surface area contributed by atoms with Crippen LogP contribution in [0.2, 0.25) is 0 Å². The quantitative estimate of drug-likeness (QED) is 0.553. The van der Waals surface area contributed by atoms with E-state index in [1.807, 2.05) is 6.92 Å². The van der Waals surface area contributed by atoms with E-state index in [9.17, 15) is 4.79 Å². The first-order valence-electron chi connectivity index (χ1n) is 5.43. The van der Waals surface area contributed by atoms with Crippen molar-refractivity contribution in [3.63, 3.8) is 0 Å². The molecule has 1 rings (SSSR count). The summed E-state index contributed by atoms with van der Waals surface area (Å²) in [7, 11) is 0. The van der Waals surface area contributed by atoms with Gasteiger partial charge in [-0.25, -0.2) is 0 Å². The van der Waals surface area contributed by atoms with Crippen molar-refractivity contribution in [3.05, 3.63) is 0 Å². The smallest absolute Gasteiger partial charge is 0.235 e. The standard InChI is InChI=1S/C11H18N2O/c1-9(11(14)13-8-12)7-10-5-3-2-4-6-10/h9-10H,2-7H2,1H3,(H,13,14). The minimum absolute atomic E-state index is 0.0160. The van der Waals surface area contributed by atoms with Gasteiger partial charge in [-0.05, 0) is 12.3 Å². The van der Waals surface area contributed by atoms with Crippen molar-refractivity contribution in [1.82, 2.24) is 5.32 Å². The van der Waals surface area contributed by atoms with E-state index in [-0.39, 0.29) is 11.8 Å². The van der Waals surface area contributed by atoms with Crippen LogP contribution in [0, 0.1) is 23.3 Å². The van der Waals surface area contributed by atoms with Crippen molar-refractivity contribution < 1.29 is 4.79 Å². The number of amides is 1. The van der Waals surface area contributed by atoms with Crippen LogP contribution in [0.3, 0.4) is 0 Å². The highest BCUT2D eigenvalue weighted by atomic mass is 16.1. The van der Waals surface area contributed by atoms with Gasteiger partial charge in [0.15, 0.2) is 6.19 Å². The minimum Gasteiger partial charge on any atom is -0.274 e. The lowest BCUT2D eigenvalue weighted by atomic mass is 9.83. The zero-order valence-electron chi connectivity index (χ0n) is 8.75. The third-order valence-electron chi connectivity index (χ3n) is 3.04. The number of carbonyl (C=O) groups excluding carboxylic acids is 1. The number of nitriles is 1. The number of hydrogen-bond donors (Lipinski definition) is 1. The topological polar surface area (TPSA) is 52.9 Å². The number of rotatable bonds is 3. The molecule has 0 aromatic carbocycles. The van der Waals surface area contributed by atoms with E-state index in [4.69, 9.17) is 5.26 Å². The Kier molecular flexibility index (Phi) is 4.45. The lowest BCUT2D eigenvalue weighted by Crippen LogP contribution is -2.27. The van der Waals surface area contributed by atoms with Crippen molar-refractivity contribution in [2.24, 2.45) is 11.8 Å². The molecule has 1 saturated carbocycles. The van der Waals surface area contributed by atoms with Crippen LogP contribution in [0.1, 0.15) is 45.4 Å². The molecule has 3 nitrogen and oxygen atoms in total. The molecule has 14 heavy (non-hydrogen) atoms. The molecule has 1 aliphatic carbocycles. The molecule has 78 valence electrons. The van der Waals surface area contributed by atoms with Crippen molar-refractivity contribution in [1.29, 1.82) is 5.26 Å². The van der Waals surface area contributed by atoms with E-state index in [0.717, 1.165) is 6.42 Å². The van der Waals surface area contributed by atoms with E-state index in [1.54, 1.807) is 6.19 Å². The van der Waals surface area contributed by atoms with Crippen molar-refractivity contribution in [2.75, 3.05) is 0 Å². The maximum Gasteiger partial charge on any atom is 0.235 e. The van der Waals surface area contributed by atoms with Gasteiger partial charge in [-0.2, -0.15) is 5.26 Å². The summed E-state index contributed by atoms with van der Waals surface area (Å²) in [5.41, 5.74) is 0. The van der Waals surface area contributed by atoms with Crippen LogP contribution < -0.4 is 5.32 Å². The third kappa shape index (κ3) is 3.37. The summed E-state index contributed by atoms with van der Waals surface area (Å²) in [6, 6.07) is 0. The largest absolute Gasteiger partial charge is 0.274 e. The molecular formula is C11H18N2O. The number of carbonyl (C=O) groups is 1. The fraction of sp³-hybridized carbons (Fsp3) is 0.818. The summed E-state index contributed by atoms with van der Waals surface area (Å²) < 4.78 is 0. The van der Waals surface area contributed by atoms with Crippen LogP contribution in [0.25, 0.3) is 0 Å². The second-order valence-electron chi connectivity index (χ2n) is 4.24. The van der Waals surface area contributed by atoms with Crippen molar-refractivity contribution in [2.45, 2.75) is 45.4 Å². The fourth-order valence-electron chi connectivity index (χ4n) is 2.21. The Morgan fingerprint density at radius 2 is 2.14 bits per heavy atom. The molecule has 1 atom stereocenters. The highest BCUT2D eigenvalue weighted by Gasteiger charge is 2.20. The molecule has 1 aliphatic rings. The van der Waals surface area contributed by atoms with Crippen LogP contribution in [-0.4, -0.2) is 5.91 Å². The predicted octanol–water partition coefficient (Wildman–Crippen LogP) is 2.19. The zero-order chi connectivity index (χ0) is 10.4.